The fourth-order valence-electron chi connectivity index (χ4n) is 3.16. The van der Waals surface area contributed by atoms with E-state index in [9.17, 15) is 13.2 Å². The maximum atomic E-state index is 13.4. The third-order valence-corrected chi connectivity index (χ3v) is 7.62. The number of halogens is 2. The van der Waals surface area contributed by atoms with Crippen LogP contribution >= 0.6 is 27.5 Å². The van der Waals surface area contributed by atoms with E-state index in [0.717, 1.165) is 20.0 Å². The van der Waals surface area contributed by atoms with E-state index in [4.69, 9.17) is 16.3 Å². The molecule has 3 rings (SSSR count). The average molecular weight is 580 g/mol. The fourth-order valence-corrected chi connectivity index (χ4v) is 5.59. The molecule has 0 aliphatic heterocycles. The second-order valence-corrected chi connectivity index (χ2v) is 10.7. The second-order valence-electron chi connectivity index (χ2n) is 7.54. The third-order valence-electron chi connectivity index (χ3n) is 4.90. The summed E-state index contributed by atoms with van der Waals surface area (Å²) < 4.78 is 33.7. The van der Waals surface area contributed by atoms with Gasteiger partial charge in [-0.1, -0.05) is 35.9 Å². The molecule has 184 valence electrons. The number of anilines is 2. The van der Waals surface area contributed by atoms with Crippen molar-refractivity contribution in [1.29, 1.82) is 0 Å². The molecular formula is C24H24BrClN4O4S. The molecule has 0 bridgehead atoms. The topological polar surface area (TPSA) is 91.3 Å². The van der Waals surface area contributed by atoms with Crippen molar-refractivity contribution in [3.05, 3.63) is 81.8 Å². The third kappa shape index (κ3) is 6.53. The molecule has 1 amide bonds. The van der Waals surface area contributed by atoms with Crippen molar-refractivity contribution < 1.29 is 17.9 Å². The van der Waals surface area contributed by atoms with Gasteiger partial charge in [0.25, 0.3) is 15.9 Å². The molecule has 11 heteroatoms. The first-order valence-corrected chi connectivity index (χ1v) is 12.9. The van der Waals surface area contributed by atoms with Gasteiger partial charge in [-0.05, 0) is 64.0 Å². The molecule has 0 radical (unpaired) electrons. The van der Waals surface area contributed by atoms with E-state index in [-0.39, 0.29) is 15.6 Å². The van der Waals surface area contributed by atoms with Crippen LogP contribution in [0.1, 0.15) is 5.56 Å². The molecule has 0 aliphatic rings. The summed E-state index contributed by atoms with van der Waals surface area (Å²) in [4.78, 5) is 14.7. The van der Waals surface area contributed by atoms with Crippen LogP contribution in [0, 0.1) is 0 Å². The molecule has 3 aromatic rings. The van der Waals surface area contributed by atoms with Crippen LogP contribution in [0.3, 0.4) is 0 Å². The Morgan fingerprint density at radius 2 is 1.83 bits per heavy atom. The lowest BCUT2D eigenvalue weighted by Gasteiger charge is -2.24. The van der Waals surface area contributed by atoms with Crippen LogP contribution in [0.2, 0.25) is 5.02 Å². The Morgan fingerprint density at radius 1 is 1.11 bits per heavy atom. The second kappa shape index (κ2) is 11.6. The van der Waals surface area contributed by atoms with Crippen molar-refractivity contribution in [2.45, 2.75) is 4.90 Å². The number of ether oxygens (including phenoxy) is 1. The van der Waals surface area contributed by atoms with Gasteiger partial charge in [-0.25, -0.2) is 13.8 Å². The highest BCUT2D eigenvalue weighted by Crippen LogP contribution is 2.32. The Hall–Kier alpha value is -3.08. The van der Waals surface area contributed by atoms with Crippen LogP contribution in [0.4, 0.5) is 11.4 Å². The number of nitrogens with zero attached hydrogens (tertiary/aromatic N) is 3. The molecule has 8 nitrogen and oxygen atoms in total. The fraction of sp³-hybridized carbons (Fsp3) is 0.167. The highest BCUT2D eigenvalue weighted by molar-refractivity contribution is 9.10. The van der Waals surface area contributed by atoms with Gasteiger partial charge in [0.2, 0.25) is 0 Å². The number of nitrogens with one attached hydrogen (secondary N) is 1. The van der Waals surface area contributed by atoms with E-state index in [1.54, 1.807) is 18.2 Å². The lowest BCUT2D eigenvalue weighted by atomic mass is 10.2. The number of methoxy groups -OCH3 is 1. The summed E-state index contributed by atoms with van der Waals surface area (Å²) in [5.74, 6) is -0.246. The number of amides is 1. The van der Waals surface area contributed by atoms with Gasteiger partial charge in [0.1, 0.15) is 12.3 Å². The molecule has 0 saturated carbocycles. The summed E-state index contributed by atoms with van der Waals surface area (Å²) in [6.45, 7) is -0.513. The van der Waals surface area contributed by atoms with Crippen molar-refractivity contribution in [3.63, 3.8) is 0 Å². The van der Waals surface area contributed by atoms with Crippen molar-refractivity contribution in [2.75, 3.05) is 37.0 Å². The summed E-state index contributed by atoms with van der Waals surface area (Å²) in [5, 5.41) is 4.19. The van der Waals surface area contributed by atoms with Gasteiger partial charge in [-0.2, -0.15) is 5.10 Å². The average Bonchev–Trinajstić information content (AvgIpc) is 2.83. The minimum absolute atomic E-state index is 0.0362. The lowest BCUT2D eigenvalue weighted by Crippen LogP contribution is -2.39. The smallest absolute Gasteiger partial charge is 0.264 e. The van der Waals surface area contributed by atoms with E-state index in [1.165, 1.54) is 43.7 Å². The number of hydrogen-bond donors (Lipinski definition) is 1. The minimum Gasteiger partial charge on any atom is -0.495 e. The summed E-state index contributed by atoms with van der Waals surface area (Å²) in [5.41, 5.74) is 4.34. The number of sulfonamides is 1. The molecule has 0 unspecified atom stereocenters. The number of rotatable bonds is 9. The zero-order valence-electron chi connectivity index (χ0n) is 19.3. The summed E-state index contributed by atoms with van der Waals surface area (Å²) in [7, 11) is 1.24. The van der Waals surface area contributed by atoms with Crippen molar-refractivity contribution in [3.8, 4) is 5.75 Å². The predicted octanol–water partition coefficient (Wildman–Crippen LogP) is 4.52. The van der Waals surface area contributed by atoms with Crippen LogP contribution in [0.15, 0.2) is 81.2 Å². The standard InChI is InChI=1S/C24H24BrClN4O4S/c1-29(2)22-11-9-17(13-20(22)25)15-27-28-24(31)16-30(18-10-12-23(34-3)21(26)14-18)35(32,33)19-7-5-4-6-8-19/h4-15H,16H2,1-3H3,(H,28,31). The molecule has 0 heterocycles. The first-order valence-electron chi connectivity index (χ1n) is 10.3. The number of benzene rings is 3. The monoisotopic (exact) mass is 578 g/mol. The van der Waals surface area contributed by atoms with Crippen molar-refractivity contribution in [1.82, 2.24) is 5.43 Å². The maximum absolute atomic E-state index is 13.4. The van der Waals surface area contributed by atoms with Gasteiger partial charge in [-0.3, -0.25) is 9.10 Å². The normalized spacial score (nSPS) is 11.3. The first kappa shape index (κ1) is 26.5. The Morgan fingerprint density at radius 3 is 2.43 bits per heavy atom. The molecule has 0 spiro atoms. The SMILES string of the molecule is COc1ccc(N(CC(=O)NN=Cc2ccc(N(C)C)c(Br)c2)S(=O)(=O)c2ccccc2)cc1Cl. The molecule has 0 aliphatic carbocycles. The van der Waals surface area contributed by atoms with Crippen molar-refractivity contribution >= 4 is 61.1 Å². The van der Waals surface area contributed by atoms with Gasteiger partial charge >= 0.3 is 0 Å². The van der Waals surface area contributed by atoms with Crippen LogP contribution in [-0.2, 0) is 14.8 Å². The molecule has 0 saturated heterocycles. The van der Waals surface area contributed by atoms with E-state index in [1.807, 2.05) is 37.2 Å². The minimum atomic E-state index is -4.07. The van der Waals surface area contributed by atoms with Gasteiger partial charge in [-0.15, -0.1) is 0 Å². The number of carbonyl (C=O) groups is 1. The molecule has 3 aromatic carbocycles. The largest absolute Gasteiger partial charge is 0.495 e. The summed E-state index contributed by atoms with van der Waals surface area (Å²) >= 11 is 9.73. The highest BCUT2D eigenvalue weighted by Gasteiger charge is 2.27. The van der Waals surface area contributed by atoms with E-state index >= 15 is 0 Å². The summed E-state index contributed by atoms with van der Waals surface area (Å²) in [6.07, 6.45) is 1.47. The molecule has 0 fully saturated rings. The van der Waals surface area contributed by atoms with E-state index in [2.05, 4.69) is 26.5 Å². The van der Waals surface area contributed by atoms with Gasteiger partial charge in [0.15, 0.2) is 0 Å². The number of hydrazone groups is 1. The number of carbonyl (C=O) groups excluding carboxylic acids is 1. The Bertz CT molecular complexity index is 1330. The Kier molecular flexibility index (Phi) is 8.76. The van der Waals surface area contributed by atoms with E-state index in [0.29, 0.717) is 5.75 Å². The number of hydrogen-bond acceptors (Lipinski definition) is 6. The molecule has 0 atom stereocenters. The molecule has 0 aromatic heterocycles. The first-order chi connectivity index (χ1) is 16.6. The zero-order valence-corrected chi connectivity index (χ0v) is 22.4. The maximum Gasteiger partial charge on any atom is 0.264 e. The molecule has 35 heavy (non-hydrogen) atoms. The Balaban J connectivity index is 1.83. The van der Waals surface area contributed by atoms with Crippen LogP contribution in [-0.4, -0.2) is 48.3 Å². The Labute approximate surface area is 218 Å². The predicted molar refractivity (Wildman–Crippen MR) is 143 cm³/mol. The van der Waals surface area contributed by atoms with Crippen molar-refractivity contribution in [2.24, 2.45) is 5.10 Å². The van der Waals surface area contributed by atoms with Crippen LogP contribution in [0.25, 0.3) is 0 Å². The van der Waals surface area contributed by atoms with Gasteiger partial charge < -0.3 is 9.64 Å². The van der Waals surface area contributed by atoms with Gasteiger partial charge in [0.05, 0.1) is 34.6 Å². The molecule has 1 N–H and O–H groups in total. The quantitative estimate of drug-likeness (QED) is 0.297. The lowest BCUT2D eigenvalue weighted by molar-refractivity contribution is -0.119. The van der Waals surface area contributed by atoms with Gasteiger partial charge in [0, 0.05) is 18.6 Å². The highest BCUT2D eigenvalue weighted by atomic mass is 79.9. The van der Waals surface area contributed by atoms with E-state index < -0.39 is 22.5 Å². The summed E-state index contributed by atoms with van der Waals surface area (Å²) in [6, 6.07) is 17.9. The van der Waals surface area contributed by atoms with Crippen LogP contribution < -0.4 is 19.4 Å². The molecular weight excluding hydrogens is 556 g/mol. The van der Waals surface area contributed by atoms with Crippen LogP contribution in [0.5, 0.6) is 5.75 Å². The zero-order chi connectivity index (χ0) is 25.6.